The predicted molar refractivity (Wildman–Crippen MR) is 103 cm³/mol. The smallest absolute Gasteiger partial charge is 0.320 e. The Bertz CT molecular complexity index is 914. The fraction of sp³-hybridized carbons (Fsp3) is 0.238. The van der Waals surface area contributed by atoms with Gasteiger partial charge in [-0.15, -0.1) is 0 Å². The van der Waals surface area contributed by atoms with E-state index in [9.17, 15) is 4.79 Å². The van der Waals surface area contributed by atoms with Gasteiger partial charge in [-0.3, -0.25) is 5.32 Å². The molecule has 4 rings (SSSR count). The first-order chi connectivity index (χ1) is 12.7. The standard InChI is InChI=1S/C21H22N4O/c1-15-9-11-17(12-10-15)25-20(13-14-22-25)24-21(26)23-19-8-4-6-16-5-2-3-7-18(16)19/h2-3,5,7,9-14,19H,4,6,8H2,1H3,(H2,23,24,26). The van der Waals surface area contributed by atoms with Crippen molar-refractivity contribution < 1.29 is 4.79 Å². The number of amides is 2. The van der Waals surface area contributed by atoms with Gasteiger partial charge in [0.05, 0.1) is 17.9 Å². The van der Waals surface area contributed by atoms with Crippen molar-refractivity contribution in [3.05, 3.63) is 77.5 Å². The van der Waals surface area contributed by atoms with Crippen LogP contribution in [0.4, 0.5) is 10.6 Å². The SMILES string of the molecule is Cc1ccc(-n2nccc2NC(=O)NC2CCCc3ccccc32)cc1. The Hall–Kier alpha value is -3.08. The van der Waals surface area contributed by atoms with Crippen LogP contribution in [0.2, 0.25) is 0 Å². The summed E-state index contributed by atoms with van der Waals surface area (Å²) in [4.78, 5) is 12.6. The zero-order chi connectivity index (χ0) is 17.9. The van der Waals surface area contributed by atoms with Crippen LogP contribution >= 0.6 is 0 Å². The molecule has 2 N–H and O–H groups in total. The predicted octanol–water partition coefficient (Wildman–Crippen LogP) is 4.38. The Labute approximate surface area is 153 Å². The van der Waals surface area contributed by atoms with Gasteiger partial charge in [-0.2, -0.15) is 5.10 Å². The summed E-state index contributed by atoms with van der Waals surface area (Å²) in [5.74, 6) is 0.649. The fourth-order valence-electron chi connectivity index (χ4n) is 3.50. The van der Waals surface area contributed by atoms with Gasteiger partial charge in [-0.25, -0.2) is 9.48 Å². The van der Waals surface area contributed by atoms with Crippen molar-refractivity contribution in [1.29, 1.82) is 0 Å². The molecule has 1 aliphatic carbocycles. The molecule has 132 valence electrons. The number of benzene rings is 2. The van der Waals surface area contributed by atoms with Crippen LogP contribution in [0.1, 0.15) is 35.6 Å². The van der Waals surface area contributed by atoms with Crippen LogP contribution in [-0.2, 0) is 6.42 Å². The van der Waals surface area contributed by atoms with Crippen LogP contribution in [0.25, 0.3) is 5.69 Å². The Morgan fingerprint density at radius 1 is 1.12 bits per heavy atom. The maximum atomic E-state index is 12.6. The van der Waals surface area contributed by atoms with Crippen LogP contribution < -0.4 is 10.6 Å². The number of nitrogens with one attached hydrogen (secondary N) is 2. The van der Waals surface area contributed by atoms with Crippen molar-refractivity contribution in [2.45, 2.75) is 32.2 Å². The second-order valence-corrected chi connectivity index (χ2v) is 6.71. The summed E-state index contributed by atoms with van der Waals surface area (Å²) in [5, 5.41) is 10.4. The van der Waals surface area contributed by atoms with E-state index in [1.54, 1.807) is 16.9 Å². The summed E-state index contributed by atoms with van der Waals surface area (Å²) < 4.78 is 1.73. The van der Waals surface area contributed by atoms with Crippen molar-refractivity contribution >= 4 is 11.8 Å². The van der Waals surface area contributed by atoms with Crippen LogP contribution in [0.5, 0.6) is 0 Å². The summed E-state index contributed by atoms with van der Waals surface area (Å²) >= 11 is 0. The molecule has 0 bridgehead atoms. The van der Waals surface area contributed by atoms with Gasteiger partial charge in [-0.05, 0) is 49.4 Å². The Morgan fingerprint density at radius 3 is 2.77 bits per heavy atom. The molecule has 5 heteroatoms. The number of carbonyl (C=O) groups excluding carboxylic acids is 1. The van der Waals surface area contributed by atoms with Gasteiger partial charge in [0.25, 0.3) is 0 Å². The molecule has 0 saturated heterocycles. The fourth-order valence-corrected chi connectivity index (χ4v) is 3.50. The lowest BCUT2D eigenvalue weighted by Gasteiger charge is -2.26. The van der Waals surface area contributed by atoms with Gasteiger partial charge < -0.3 is 5.32 Å². The zero-order valence-corrected chi connectivity index (χ0v) is 14.8. The monoisotopic (exact) mass is 346 g/mol. The van der Waals surface area contributed by atoms with Crippen molar-refractivity contribution in [2.75, 3.05) is 5.32 Å². The molecule has 3 aromatic rings. The van der Waals surface area contributed by atoms with Crippen molar-refractivity contribution in [1.82, 2.24) is 15.1 Å². The largest absolute Gasteiger partial charge is 0.331 e. The average Bonchev–Trinajstić information content (AvgIpc) is 3.10. The van der Waals surface area contributed by atoms with Gasteiger partial charge in [0.2, 0.25) is 0 Å². The van der Waals surface area contributed by atoms with Gasteiger partial charge in [0, 0.05) is 6.07 Å². The summed E-state index contributed by atoms with van der Waals surface area (Å²) in [6, 6.07) is 18.0. The Kier molecular flexibility index (Phi) is 4.44. The van der Waals surface area contributed by atoms with E-state index in [4.69, 9.17) is 0 Å². The number of hydrogen-bond acceptors (Lipinski definition) is 2. The molecule has 0 fully saturated rings. The van der Waals surface area contributed by atoms with E-state index in [1.807, 2.05) is 37.3 Å². The number of anilines is 1. The minimum absolute atomic E-state index is 0.0516. The third-order valence-corrected chi connectivity index (χ3v) is 4.84. The van der Waals surface area contributed by atoms with E-state index >= 15 is 0 Å². The molecule has 1 atom stereocenters. The van der Waals surface area contributed by atoms with Crippen LogP contribution in [0, 0.1) is 6.92 Å². The summed E-state index contributed by atoms with van der Waals surface area (Å²) in [6.45, 7) is 2.04. The minimum atomic E-state index is -0.208. The molecule has 0 radical (unpaired) electrons. The minimum Gasteiger partial charge on any atom is -0.331 e. The van der Waals surface area contributed by atoms with Crippen LogP contribution in [0.15, 0.2) is 60.8 Å². The lowest BCUT2D eigenvalue weighted by molar-refractivity contribution is 0.247. The highest BCUT2D eigenvalue weighted by atomic mass is 16.2. The summed E-state index contributed by atoms with van der Waals surface area (Å²) in [5.41, 5.74) is 4.65. The first-order valence-electron chi connectivity index (χ1n) is 8.97. The number of nitrogens with zero attached hydrogens (tertiary/aromatic N) is 2. The Balaban J connectivity index is 1.49. The highest BCUT2D eigenvalue weighted by Crippen LogP contribution is 2.29. The van der Waals surface area contributed by atoms with Crippen molar-refractivity contribution in [3.8, 4) is 5.69 Å². The molecule has 0 aliphatic heterocycles. The second-order valence-electron chi connectivity index (χ2n) is 6.71. The van der Waals surface area contributed by atoms with Crippen molar-refractivity contribution in [3.63, 3.8) is 0 Å². The van der Waals surface area contributed by atoms with Crippen molar-refractivity contribution in [2.24, 2.45) is 0 Å². The first kappa shape index (κ1) is 16.4. The van der Waals surface area contributed by atoms with Gasteiger partial charge >= 0.3 is 6.03 Å². The normalized spacial score (nSPS) is 16.0. The van der Waals surface area contributed by atoms with E-state index in [-0.39, 0.29) is 12.1 Å². The second kappa shape index (κ2) is 7.04. The first-order valence-corrected chi connectivity index (χ1v) is 8.97. The molecule has 1 unspecified atom stereocenters. The molecule has 0 saturated carbocycles. The van der Waals surface area contributed by atoms with Gasteiger partial charge in [0.15, 0.2) is 0 Å². The number of urea groups is 1. The molecule has 26 heavy (non-hydrogen) atoms. The third-order valence-electron chi connectivity index (χ3n) is 4.84. The van der Waals surface area contributed by atoms with Gasteiger partial charge in [0.1, 0.15) is 5.82 Å². The molecule has 2 aromatic carbocycles. The number of fused-ring (bicyclic) bond motifs is 1. The van der Waals surface area contributed by atoms with E-state index in [2.05, 4.69) is 33.9 Å². The average molecular weight is 346 g/mol. The van der Waals surface area contributed by atoms with E-state index in [0.717, 1.165) is 24.9 Å². The molecule has 1 aliphatic rings. The molecule has 1 heterocycles. The maximum absolute atomic E-state index is 12.6. The zero-order valence-electron chi connectivity index (χ0n) is 14.8. The summed E-state index contributed by atoms with van der Waals surface area (Å²) in [7, 11) is 0. The van der Waals surface area contributed by atoms with Gasteiger partial charge in [-0.1, -0.05) is 42.0 Å². The quantitative estimate of drug-likeness (QED) is 0.739. The number of aromatic nitrogens is 2. The van der Waals surface area contributed by atoms with E-state index < -0.39 is 0 Å². The van der Waals surface area contributed by atoms with Crippen LogP contribution in [0.3, 0.4) is 0 Å². The number of hydrogen-bond donors (Lipinski definition) is 2. The molecule has 5 nitrogen and oxygen atoms in total. The molecule has 1 aromatic heterocycles. The maximum Gasteiger partial charge on any atom is 0.320 e. The molecule has 2 amide bonds. The highest BCUT2D eigenvalue weighted by molar-refractivity contribution is 5.89. The van der Waals surface area contributed by atoms with E-state index in [0.29, 0.717) is 5.82 Å². The van der Waals surface area contributed by atoms with Crippen LogP contribution in [-0.4, -0.2) is 15.8 Å². The lowest BCUT2D eigenvalue weighted by Crippen LogP contribution is -2.34. The number of rotatable bonds is 3. The number of aryl methyl sites for hydroxylation is 2. The molecular formula is C21H22N4O. The molecular weight excluding hydrogens is 324 g/mol. The summed E-state index contributed by atoms with van der Waals surface area (Å²) in [6.07, 6.45) is 4.81. The topological polar surface area (TPSA) is 59.0 Å². The third kappa shape index (κ3) is 3.33. The molecule has 0 spiro atoms. The number of carbonyl (C=O) groups is 1. The lowest BCUT2D eigenvalue weighted by atomic mass is 9.88. The Morgan fingerprint density at radius 2 is 1.92 bits per heavy atom. The highest BCUT2D eigenvalue weighted by Gasteiger charge is 2.21. The van der Waals surface area contributed by atoms with E-state index in [1.165, 1.54) is 16.7 Å².